The SMILES string of the molecule is O=C(COc1ccc([N+](=O)[O-])cc1)c1cc(Br)sc1Br. The van der Waals surface area contributed by atoms with Gasteiger partial charge in [-0.25, -0.2) is 0 Å². The van der Waals surface area contributed by atoms with Gasteiger partial charge >= 0.3 is 0 Å². The summed E-state index contributed by atoms with van der Waals surface area (Å²) in [6, 6.07) is 7.30. The van der Waals surface area contributed by atoms with E-state index in [2.05, 4.69) is 31.9 Å². The number of carbonyl (C=O) groups excluding carboxylic acids is 1. The molecule has 0 spiro atoms. The van der Waals surface area contributed by atoms with Crippen LogP contribution in [-0.2, 0) is 0 Å². The zero-order valence-electron chi connectivity index (χ0n) is 9.84. The minimum absolute atomic E-state index is 0.0202. The molecular formula is C12H7Br2NO4S. The van der Waals surface area contributed by atoms with Gasteiger partial charge in [0, 0.05) is 17.7 Å². The molecule has 0 atom stereocenters. The second-order valence-electron chi connectivity index (χ2n) is 3.70. The van der Waals surface area contributed by atoms with Crippen LogP contribution in [0.15, 0.2) is 37.9 Å². The summed E-state index contributed by atoms with van der Waals surface area (Å²) in [6.45, 7) is -0.125. The number of hydrogen-bond donors (Lipinski definition) is 0. The Kier molecular flexibility index (Phi) is 4.90. The number of nitro groups is 1. The van der Waals surface area contributed by atoms with Crippen molar-refractivity contribution in [3.63, 3.8) is 0 Å². The molecule has 0 saturated heterocycles. The summed E-state index contributed by atoms with van der Waals surface area (Å²) in [7, 11) is 0. The van der Waals surface area contributed by atoms with E-state index in [-0.39, 0.29) is 18.1 Å². The number of rotatable bonds is 5. The van der Waals surface area contributed by atoms with Gasteiger partial charge < -0.3 is 4.74 Å². The highest BCUT2D eigenvalue weighted by molar-refractivity contribution is 9.12. The van der Waals surface area contributed by atoms with E-state index in [1.54, 1.807) is 6.07 Å². The molecule has 0 unspecified atom stereocenters. The Morgan fingerprint density at radius 2 is 1.95 bits per heavy atom. The standard InChI is InChI=1S/C12H7Br2NO4S/c13-11-5-9(12(14)20-11)10(16)6-19-8-3-1-7(2-4-8)15(17)18/h1-5H,6H2. The quantitative estimate of drug-likeness (QED) is 0.407. The van der Waals surface area contributed by atoms with Crippen LogP contribution in [0.3, 0.4) is 0 Å². The van der Waals surface area contributed by atoms with Crippen LogP contribution in [0.1, 0.15) is 10.4 Å². The van der Waals surface area contributed by atoms with Gasteiger partial charge in [0.15, 0.2) is 6.61 Å². The minimum Gasteiger partial charge on any atom is -0.485 e. The first-order chi connectivity index (χ1) is 9.47. The van der Waals surface area contributed by atoms with Gasteiger partial charge in [-0.2, -0.15) is 0 Å². The van der Waals surface area contributed by atoms with Gasteiger partial charge in [-0.15, -0.1) is 11.3 Å². The first-order valence-electron chi connectivity index (χ1n) is 5.32. The van der Waals surface area contributed by atoms with Gasteiger partial charge in [0.25, 0.3) is 5.69 Å². The van der Waals surface area contributed by atoms with E-state index >= 15 is 0 Å². The first-order valence-corrected chi connectivity index (χ1v) is 7.73. The first kappa shape index (κ1) is 15.1. The summed E-state index contributed by atoms with van der Waals surface area (Å²) in [4.78, 5) is 22.0. The van der Waals surface area contributed by atoms with Gasteiger partial charge in [-0.3, -0.25) is 14.9 Å². The topological polar surface area (TPSA) is 69.4 Å². The molecule has 0 saturated carbocycles. The highest BCUT2D eigenvalue weighted by Gasteiger charge is 2.14. The molecule has 0 aliphatic heterocycles. The van der Waals surface area contributed by atoms with Crippen LogP contribution >= 0.6 is 43.2 Å². The Balaban J connectivity index is 2.00. The number of carbonyl (C=O) groups is 1. The summed E-state index contributed by atoms with van der Waals surface area (Å²) in [6.07, 6.45) is 0. The largest absolute Gasteiger partial charge is 0.485 e. The van der Waals surface area contributed by atoms with Gasteiger partial charge in [0.05, 0.1) is 12.5 Å². The predicted octanol–water partition coefficient (Wildman–Crippen LogP) is 4.44. The van der Waals surface area contributed by atoms with E-state index in [1.165, 1.54) is 35.6 Å². The molecule has 2 aromatic rings. The van der Waals surface area contributed by atoms with E-state index in [4.69, 9.17) is 4.74 Å². The smallest absolute Gasteiger partial charge is 0.269 e. The fourth-order valence-corrected chi connectivity index (χ4v) is 4.28. The molecule has 2 rings (SSSR count). The van der Waals surface area contributed by atoms with Crippen molar-refractivity contribution in [3.05, 3.63) is 53.6 Å². The van der Waals surface area contributed by atoms with Crippen molar-refractivity contribution < 1.29 is 14.5 Å². The number of ether oxygens (including phenoxy) is 1. The highest BCUT2D eigenvalue weighted by Crippen LogP contribution is 2.32. The number of thiophene rings is 1. The van der Waals surface area contributed by atoms with E-state index in [0.29, 0.717) is 11.3 Å². The third-order valence-corrected chi connectivity index (χ3v) is 4.71. The Morgan fingerprint density at radius 3 is 2.45 bits per heavy atom. The molecule has 0 amide bonds. The van der Waals surface area contributed by atoms with Crippen molar-refractivity contribution in [3.8, 4) is 5.75 Å². The highest BCUT2D eigenvalue weighted by atomic mass is 79.9. The van der Waals surface area contributed by atoms with E-state index < -0.39 is 4.92 Å². The number of ketones is 1. The molecule has 1 aromatic carbocycles. The van der Waals surface area contributed by atoms with Crippen LogP contribution in [0.2, 0.25) is 0 Å². The molecule has 0 N–H and O–H groups in total. The van der Waals surface area contributed by atoms with Crippen molar-refractivity contribution in [1.82, 2.24) is 0 Å². The third-order valence-electron chi connectivity index (χ3n) is 2.37. The predicted molar refractivity (Wildman–Crippen MR) is 82.6 cm³/mol. The summed E-state index contributed by atoms with van der Waals surface area (Å²) in [5, 5.41) is 10.5. The molecule has 0 fully saturated rings. The second-order valence-corrected chi connectivity index (χ2v) is 7.45. The van der Waals surface area contributed by atoms with E-state index in [9.17, 15) is 14.9 Å². The van der Waals surface area contributed by atoms with Gasteiger partial charge in [0.1, 0.15) is 5.75 Å². The maximum atomic E-state index is 11.9. The molecule has 1 aromatic heterocycles. The Morgan fingerprint density at radius 1 is 1.30 bits per heavy atom. The molecule has 0 bridgehead atoms. The van der Waals surface area contributed by atoms with Gasteiger partial charge in [0.2, 0.25) is 5.78 Å². The lowest BCUT2D eigenvalue weighted by Gasteiger charge is -2.04. The number of halogens is 2. The average molecular weight is 421 g/mol. The van der Waals surface area contributed by atoms with Crippen molar-refractivity contribution in [2.24, 2.45) is 0 Å². The molecule has 0 aliphatic rings. The second kappa shape index (κ2) is 6.47. The fraction of sp³-hybridized carbons (Fsp3) is 0.0833. The number of benzene rings is 1. The fourth-order valence-electron chi connectivity index (χ4n) is 1.42. The van der Waals surface area contributed by atoms with Crippen LogP contribution in [0.4, 0.5) is 5.69 Å². The van der Waals surface area contributed by atoms with Crippen LogP contribution in [0.25, 0.3) is 0 Å². The molecule has 0 aliphatic carbocycles. The molecular weight excluding hydrogens is 414 g/mol. The van der Waals surface area contributed by atoms with Crippen LogP contribution in [-0.4, -0.2) is 17.3 Å². The van der Waals surface area contributed by atoms with Crippen molar-refractivity contribution >= 4 is 54.7 Å². The monoisotopic (exact) mass is 419 g/mol. The molecule has 5 nitrogen and oxygen atoms in total. The van der Waals surface area contributed by atoms with Crippen LogP contribution in [0.5, 0.6) is 5.75 Å². The van der Waals surface area contributed by atoms with E-state index in [1.807, 2.05) is 0 Å². The summed E-state index contributed by atoms with van der Waals surface area (Å²) >= 11 is 8.01. The number of Topliss-reactive ketones (excluding diaryl/α,β-unsaturated/α-hetero) is 1. The number of hydrogen-bond acceptors (Lipinski definition) is 5. The maximum absolute atomic E-state index is 11.9. The van der Waals surface area contributed by atoms with Gasteiger partial charge in [-0.1, -0.05) is 0 Å². The Hall–Kier alpha value is -1.25. The van der Waals surface area contributed by atoms with E-state index in [0.717, 1.165) is 7.57 Å². The Labute approximate surface area is 135 Å². The molecule has 0 radical (unpaired) electrons. The van der Waals surface area contributed by atoms with Crippen LogP contribution < -0.4 is 4.74 Å². The number of non-ortho nitro benzene ring substituents is 1. The average Bonchev–Trinajstić information content (AvgIpc) is 2.75. The number of nitrogens with zero attached hydrogens (tertiary/aromatic N) is 1. The van der Waals surface area contributed by atoms with Crippen molar-refractivity contribution in [2.45, 2.75) is 0 Å². The summed E-state index contributed by atoms with van der Waals surface area (Å²) < 4.78 is 6.91. The molecule has 8 heteroatoms. The maximum Gasteiger partial charge on any atom is 0.269 e. The normalized spacial score (nSPS) is 10.3. The van der Waals surface area contributed by atoms with Crippen molar-refractivity contribution in [2.75, 3.05) is 6.61 Å². The summed E-state index contributed by atoms with van der Waals surface area (Å²) in [5.74, 6) is 0.242. The van der Waals surface area contributed by atoms with Gasteiger partial charge in [-0.05, 0) is 50.1 Å². The third kappa shape index (κ3) is 3.65. The lowest BCUT2D eigenvalue weighted by Crippen LogP contribution is -2.11. The molecule has 20 heavy (non-hydrogen) atoms. The lowest BCUT2D eigenvalue weighted by molar-refractivity contribution is -0.384. The molecule has 104 valence electrons. The van der Waals surface area contributed by atoms with Crippen LogP contribution in [0, 0.1) is 10.1 Å². The van der Waals surface area contributed by atoms with Crippen molar-refractivity contribution in [1.29, 1.82) is 0 Å². The summed E-state index contributed by atoms with van der Waals surface area (Å²) in [5.41, 5.74) is 0.525. The lowest BCUT2D eigenvalue weighted by atomic mass is 10.2. The minimum atomic E-state index is -0.491. The Bertz CT molecular complexity index is 654. The zero-order chi connectivity index (χ0) is 14.7. The molecule has 1 heterocycles. The zero-order valence-corrected chi connectivity index (χ0v) is 13.8. The number of nitro benzene ring substituents is 1.